The van der Waals surface area contributed by atoms with E-state index in [0.29, 0.717) is 0 Å². The summed E-state index contributed by atoms with van der Waals surface area (Å²) in [5, 5.41) is 20.2. The lowest BCUT2D eigenvalue weighted by Crippen LogP contribution is -2.49. The number of amides is 1. The van der Waals surface area contributed by atoms with Gasteiger partial charge in [0.2, 0.25) is 5.91 Å². The van der Waals surface area contributed by atoms with Crippen LogP contribution in [0.5, 0.6) is 0 Å². The molecule has 0 radical (unpaired) electrons. The maximum absolute atomic E-state index is 13.4. The van der Waals surface area contributed by atoms with Gasteiger partial charge in [0.1, 0.15) is 11.7 Å². The van der Waals surface area contributed by atoms with Crippen LogP contribution in [0.3, 0.4) is 0 Å². The van der Waals surface area contributed by atoms with E-state index in [1.165, 1.54) is 24.3 Å². The Bertz CT molecular complexity index is 894. The summed E-state index contributed by atoms with van der Waals surface area (Å²) in [6.07, 6.45) is -6.04. The number of aromatic amines is 1. The second-order valence-corrected chi connectivity index (χ2v) is 6.16. The van der Waals surface area contributed by atoms with Crippen LogP contribution in [-0.2, 0) is 27.0 Å². The number of benzene rings is 1. The number of H-pyrrole nitrogens is 1. The zero-order valence-electron chi connectivity index (χ0n) is 14.4. The first-order chi connectivity index (χ1) is 13.0. The molecule has 28 heavy (non-hydrogen) atoms. The number of carbonyl (C=O) groups excluding carboxylic acids is 1. The van der Waals surface area contributed by atoms with Gasteiger partial charge >= 0.3 is 18.1 Å². The van der Waals surface area contributed by atoms with E-state index in [9.17, 15) is 32.7 Å². The predicted molar refractivity (Wildman–Crippen MR) is 91.4 cm³/mol. The number of alkyl halides is 3. The number of aliphatic carboxylic acids is 2. The van der Waals surface area contributed by atoms with Crippen LogP contribution in [0, 0.1) is 0 Å². The molecule has 152 valence electrons. The van der Waals surface area contributed by atoms with Gasteiger partial charge in [-0.1, -0.05) is 18.2 Å². The average molecular weight is 401 g/mol. The zero-order chi connectivity index (χ0) is 21.1. The van der Waals surface area contributed by atoms with Gasteiger partial charge in [0.05, 0.1) is 6.04 Å². The maximum Gasteiger partial charge on any atom is 0.431 e. The van der Waals surface area contributed by atoms with Crippen molar-refractivity contribution in [3.05, 3.63) is 35.5 Å². The molecule has 0 spiro atoms. The molecule has 2 aromatic rings. The van der Waals surface area contributed by atoms with Crippen molar-refractivity contribution in [2.24, 2.45) is 5.73 Å². The van der Waals surface area contributed by atoms with Crippen LogP contribution >= 0.6 is 0 Å². The molecule has 0 fully saturated rings. The fourth-order valence-electron chi connectivity index (χ4n) is 2.75. The first-order valence-electron chi connectivity index (χ1n) is 8.18. The van der Waals surface area contributed by atoms with Gasteiger partial charge in [-0.3, -0.25) is 9.59 Å². The van der Waals surface area contributed by atoms with Gasteiger partial charge in [0.25, 0.3) is 0 Å². The van der Waals surface area contributed by atoms with Crippen molar-refractivity contribution in [1.82, 2.24) is 10.3 Å². The normalized spacial score (nSPS) is 13.9. The third kappa shape index (κ3) is 5.00. The van der Waals surface area contributed by atoms with Crippen LogP contribution in [0.25, 0.3) is 10.9 Å². The molecule has 11 heteroatoms. The largest absolute Gasteiger partial charge is 0.481 e. The quantitative estimate of drug-likeness (QED) is 0.453. The number of nitrogens with two attached hydrogens (primary N) is 1. The van der Waals surface area contributed by atoms with Crippen molar-refractivity contribution in [2.45, 2.75) is 37.5 Å². The van der Waals surface area contributed by atoms with Crippen LogP contribution in [-0.4, -0.2) is 45.1 Å². The Kier molecular flexibility index (Phi) is 6.29. The fourth-order valence-corrected chi connectivity index (χ4v) is 2.75. The van der Waals surface area contributed by atoms with Crippen molar-refractivity contribution in [3.8, 4) is 0 Å². The third-order valence-corrected chi connectivity index (χ3v) is 4.13. The van der Waals surface area contributed by atoms with Crippen LogP contribution in [0.4, 0.5) is 13.2 Å². The monoisotopic (exact) mass is 401 g/mol. The minimum Gasteiger partial charge on any atom is -0.481 e. The minimum atomic E-state index is -4.75. The van der Waals surface area contributed by atoms with Gasteiger partial charge in [-0.05, 0) is 18.1 Å². The van der Waals surface area contributed by atoms with Crippen molar-refractivity contribution >= 4 is 28.7 Å². The Morgan fingerprint density at radius 2 is 1.82 bits per heavy atom. The molecule has 0 unspecified atom stereocenters. The lowest BCUT2D eigenvalue weighted by atomic mass is 10.0. The molecule has 0 aliphatic heterocycles. The molecule has 0 saturated heterocycles. The maximum atomic E-state index is 13.4. The first kappa shape index (κ1) is 21.2. The number of carbonyl (C=O) groups is 3. The van der Waals surface area contributed by atoms with E-state index in [1.54, 1.807) is 0 Å². The number of hydrogen-bond donors (Lipinski definition) is 5. The summed E-state index contributed by atoms with van der Waals surface area (Å²) in [5.74, 6) is -3.69. The van der Waals surface area contributed by atoms with E-state index < -0.39 is 54.6 Å². The average Bonchev–Trinajstić information content (AvgIpc) is 2.97. The third-order valence-electron chi connectivity index (χ3n) is 4.13. The Labute approximate surface area is 156 Å². The lowest BCUT2D eigenvalue weighted by molar-refractivity contribution is -0.144. The molecular formula is C17H18F3N3O5. The SMILES string of the molecule is N[C@@H](CCC(=O)O)C(=O)N[C@@H](Cc1c(C(F)(F)F)[nH]c2ccccc12)C(=O)O. The van der Waals surface area contributed by atoms with Gasteiger partial charge in [0.15, 0.2) is 0 Å². The Balaban J connectivity index is 2.28. The van der Waals surface area contributed by atoms with Crippen LogP contribution in [0.1, 0.15) is 24.1 Å². The van der Waals surface area contributed by atoms with Crippen LogP contribution in [0.15, 0.2) is 24.3 Å². The number of hydrogen-bond acceptors (Lipinski definition) is 4. The van der Waals surface area contributed by atoms with Gasteiger partial charge in [-0.15, -0.1) is 0 Å². The smallest absolute Gasteiger partial charge is 0.431 e. The highest BCUT2D eigenvalue weighted by molar-refractivity contribution is 5.89. The molecule has 0 aliphatic rings. The molecular weight excluding hydrogens is 383 g/mol. The highest BCUT2D eigenvalue weighted by Gasteiger charge is 2.38. The van der Waals surface area contributed by atoms with E-state index in [0.717, 1.165) is 0 Å². The Hall–Kier alpha value is -3.08. The zero-order valence-corrected chi connectivity index (χ0v) is 14.4. The summed E-state index contributed by atoms with van der Waals surface area (Å²) in [4.78, 5) is 36.3. The van der Waals surface area contributed by atoms with Crippen LogP contribution < -0.4 is 11.1 Å². The highest BCUT2D eigenvalue weighted by Crippen LogP contribution is 2.36. The van der Waals surface area contributed by atoms with E-state index in [2.05, 4.69) is 10.3 Å². The summed E-state index contributed by atoms with van der Waals surface area (Å²) >= 11 is 0. The molecule has 0 bridgehead atoms. The molecule has 0 saturated carbocycles. The molecule has 2 atom stereocenters. The van der Waals surface area contributed by atoms with Crippen molar-refractivity contribution in [1.29, 1.82) is 0 Å². The molecule has 1 heterocycles. The number of carboxylic acid groups (broad SMARTS) is 2. The second kappa shape index (κ2) is 8.30. The van der Waals surface area contributed by atoms with Crippen molar-refractivity contribution in [2.75, 3.05) is 0 Å². The van der Waals surface area contributed by atoms with Crippen molar-refractivity contribution in [3.63, 3.8) is 0 Å². The summed E-state index contributed by atoms with van der Waals surface area (Å²) in [7, 11) is 0. The molecule has 1 amide bonds. The van der Waals surface area contributed by atoms with Gasteiger partial charge in [-0.25, -0.2) is 4.79 Å². The Morgan fingerprint density at radius 1 is 1.18 bits per heavy atom. The van der Waals surface area contributed by atoms with E-state index in [4.69, 9.17) is 10.8 Å². The summed E-state index contributed by atoms with van der Waals surface area (Å²) in [6, 6.07) is 2.89. The van der Waals surface area contributed by atoms with Gasteiger partial charge < -0.3 is 26.2 Å². The van der Waals surface area contributed by atoms with E-state index in [-0.39, 0.29) is 22.9 Å². The number of fused-ring (bicyclic) bond motifs is 1. The number of para-hydroxylation sites is 1. The number of carboxylic acids is 2. The number of aromatic nitrogens is 1. The van der Waals surface area contributed by atoms with E-state index >= 15 is 0 Å². The van der Waals surface area contributed by atoms with Crippen molar-refractivity contribution < 1.29 is 37.8 Å². The molecule has 1 aromatic carbocycles. The minimum absolute atomic E-state index is 0.179. The topological polar surface area (TPSA) is 146 Å². The number of rotatable bonds is 8. The summed E-state index contributed by atoms with van der Waals surface area (Å²) in [5.41, 5.74) is 4.31. The second-order valence-electron chi connectivity index (χ2n) is 6.16. The standard InChI is InChI=1S/C17H18F3N3O5/c18-17(19,20)14-9(8-3-1-2-4-11(8)22-14)7-12(16(27)28)23-15(26)10(21)5-6-13(24)25/h1-4,10,12,22H,5-7,21H2,(H,23,26)(H,24,25)(H,27,28)/t10-,12-/m0/s1. The molecule has 0 aliphatic carbocycles. The number of halogens is 3. The number of nitrogens with one attached hydrogen (secondary N) is 2. The lowest BCUT2D eigenvalue weighted by Gasteiger charge is -2.18. The molecule has 2 rings (SSSR count). The summed E-state index contributed by atoms with van der Waals surface area (Å²) < 4.78 is 40.1. The van der Waals surface area contributed by atoms with Gasteiger partial charge in [-0.2, -0.15) is 13.2 Å². The predicted octanol–water partition coefficient (Wildman–Crippen LogP) is 1.49. The summed E-state index contributed by atoms with van der Waals surface area (Å²) in [6.45, 7) is 0. The molecule has 8 nitrogen and oxygen atoms in total. The Morgan fingerprint density at radius 3 is 2.39 bits per heavy atom. The molecule has 6 N–H and O–H groups in total. The molecule has 1 aromatic heterocycles. The van der Waals surface area contributed by atoms with Crippen LogP contribution in [0.2, 0.25) is 0 Å². The van der Waals surface area contributed by atoms with Gasteiger partial charge in [0, 0.05) is 23.7 Å². The highest BCUT2D eigenvalue weighted by atomic mass is 19.4. The first-order valence-corrected chi connectivity index (χ1v) is 8.18. The fraction of sp³-hybridized carbons (Fsp3) is 0.353. The van der Waals surface area contributed by atoms with E-state index in [1.807, 2.05) is 0 Å².